The molecule has 7 heteroatoms. The number of rotatable bonds is 6. The fraction of sp³-hybridized carbons (Fsp3) is 0.636. The fourth-order valence-electron chi connectivity index (χ4n) is 1.64. The molecule has 1 heterocycles. The van der Waals surface area contributed by atoms with Gasteiger partial charge in [0, 0.05) is 11.8 Å². The molecule has 3 nitrogen and oxygen atoms in total. The lowest BCUT2D eigenvalue weighted by Crippen LogP contribution is -2.35. The predicted octanol–water partition coefficient (Wildman–Crippen LogP) is 3.53. The zero-order valence-corrected chi connectivity index (χ0v) is 13.7. The minimum Gasteiger partial charge on any atom is -0.309 e. The van der Waals surface area contributed by atoms with E-state index in [4.69, 9.17) is 23.2 Å². The summed E-state index contributed by atoms with van der Waals surface area (Å²) in [5, 5.41) is 2.68. The quantitative estimate of drug-likeness (QED) is 0.868. The van der Waals surface area contributed by atoms with E-state index in [1.54, 1.807) is 13.0 Å². The Hall–Kier alpha value is 0.190. The van der Waals surface area contributed by atoms with Crippen LogP contribution in [0.4, 0.5) is 0 Å². The van der Waals surface area contributed by atoms with Crippen LogP contribution < -0.4 is 5.32 Å². The van der Waals surface area contributed by atoms with Gasteiger partial charge in [0.25, 0.3) is 0 Å². The molecule has 0 bridgehead atoms. The van der Waals surface area contributed by atoms with Crippen LogP contribution in [0.5, 0.6) is 0 Å². The maximum absolute atomic E-state index is 11.7. The topological polar surface area (TPSA) is 46.2 Å². The Morgan fingerprint density at radius 2 is 2.06 bits per heavy atom. The van der Waals surface area contributed by atoms with Crippen LogP contribution in [0.15, 0.2) is 6.07 Å². The average molecular weight is 330 g/mol. The normalized spacial score (nSPS) is 15.6. The van der Waals surface area contributed by atoms with Crippen molar-refractivity contribution < 1.29 is 8.42 Å². The van der Waals surface area contributed by atoms with Crippen LogP contribution in [0.1, 0.15) is 31.9 Å². The summed E-state index contributed by atoms with van der Waals surface area (Å²) in [5.41, 5.74) is 0.762. The molecule has 0 radical (unpaired) electrons. The first-order chi connectivity index (χ1) is 8.27. The van der Waals surface area contributed by atoms with Crippen molar-refractivity contribution in [3.05, 3.63) is 20.3 Å². The molecule has 1 rings (SSSR count). The number of nitrogens with one attached hydrogen (secondary N) is 1. The molecular formula is C11H17Cl2NO2S2. The lowest BCUT2D eigenvalue weighted by atomic mass is 10.1. The van der Waals surface area contributed by atoms with E-state index in [9.17, 15) is 8.42 Å². The largest absolute Gasteiger partial charge is 0.309 e. The van der Waals surface area contributed by atoms with E-state index in [0.717, 1.165) is 18.5 Å². The highest BCUT2D eigenvalue weighted by Crippen LogP contribution is 2.37. The third-order valence-electron chi connectivity index (χ3n) is 2.78. The van der Waals surface area contributed by atoms with Gasteiger partial charge in [0.1, 0.15) is 0 Å². The minimum atomic E-state index is -3.15. The average Bonchev–Trinajstić information content (AvgIpc) is 2.57. The van der Waals surface area contributed by atoms with Crippen LogP contribution in [-0.4, -0.2) is 26.5 Å². The molecule has 0 saturated carbocycles. The maximum atomic E-state index is 11.7. The summed E-state index contributed by atoms with van der Waals surface area (Å²) < 4.78 is 24.5. The number of hydrogen-bond donors (Lipinski definition) is 1. The molecule has 0 saturated heterocycles. The Bertz CT molecular complexity index is 499. The van der Waals surface area contributed by atoms with Gasteiger partial charge in [-0.15, -0.1) is 11.3 Å². The molecule has 2 atom stereocenters. The van der Waals surface area contributed by atoms with Gasteiger partial charge in [-0.25, -0.2) is 8.42 Å². The van der Waals surface area contributed by atoms with Gasteiger partial charge in [0.2, 0.25) is 0 Å². The van der Waals surface area contributed by atoms with Crippen LogP contribution in [0.25, 0.3) is 0 Å². The highest BCUT2D eigenvalue weighted by Gasteiger charge is 2.29. The molecular weight excluding hydrogens is 313 g/mol. The number of thiophene rings is 1. The van der Waals surface area contributed by atoms with Crippen molar-refractivity contribution in [1.29, 1.82) is 0 Å². The monoisotopic (exact) mass is 329 g/mol. The molecule has 0 aromatic carbocycles. The third kappa shape index (κ3) is 4.10. The second-order valence-electron chi connectivity index (χ2n) is 4.25. The summed E-state index contributed by atoms with van der Waals surface area (Å²) in [6.45, 7) is 4.44. The first-order valence-corrected chi connectivity index (χ1v) is 9.17. The third-order valence-corrected chi connectivity index (χ3v) is 5.92. The Kier molecular flexibility index (Phi) is 5.93. The maximum Gasteiger partial charge on any atom is 0.151 e. The van der Waals surface area contributed by atoms with Crippen LogP contribution in [-0.2, 0) is 9.84 Å². The number of sulfone groups is 1. The fourth-order valence-corrected chi connectivity index (χ4v) is 3.93. The standard InChI is InChI=1S/C11H17Cl2NO2S2/c1-4-5-14-10(7(2)18(3,15)16)8-6-9(12)17-11(8)13/h6-7,10,14H,4-5H2,1-3H3. The lowest BCUT2D eigenvalue weighted by molar-refractivity contribution is 0.501. The summed E-state index contributed by atoms with van der Waals surface area (Å²) >= 11 is 13.3. The van der Waals surface area contributed by atoms with Gasteiger partial charge >= 0.3 is 0 Å². The van der Waals surface area contributed by atoms with Gasteiger partial charge in [0.15, 0.2) is 9.84 Å². The summed E-state index contributed by atoms with van der Waals surface area (Å²) in [6.07, 6.45) is 2.16. The molecule has 2 unspecified atom stereocenters. The summed E-state index contributed by atoms with van der Waals surface area (Å²) in [5.74, 6) is 0. The first kappa shape index (κ1) is 16.2. The van der Waals surface area contributed by atoms with Gasteiger partial charge in [-0.3, -0.25) is 0 Å². The van der Waals surface area contributed by atoms with Crippen molar-refractivity contribution in [2.75, 3.05) is 12.8 Å². The van der Waals surface area contributed by atoms with Gasteiger partial charge in [0.05, 0.1) is 20.0 Å². The number of hydrogen-bond acceptors (Lipinski definition) is 4. The zero-order valence-electron chi connectivity index (χ0n) is 10.5. The van der Waals surface area contributed by atoms with E-state index in [1.165, 1.54) is 17.6 Å². The van der Waals surface area contributed by atoms with Crippen molar-refractivity contribution in [2.45, 2.75) is 31.6 Å². The lowest BCUT2D eigenvalue weighted by Gasteiger charge is -2.23. The molecule has 18 heavy (non-hydrogen) atoms. The highest BCUT2D eigenvalue weighted by molar-refractivity contribution is 7.91. The molecule has 1 aromatic rings. The second-order valence-corrected chi connectivity index (χ2v) is 8.93. The van der Waals surface area contributed by atoms with E-state index in [0.29, 0.717) is 8.67 Å². The molecule has 104 valence electrons. The molecule has 0 aliphatic carbocycles. The highest BCUT2D eigenvalue weighted by atomic mass is 35.5. The minimum absolute atomic E-state index is 0.323. The SMILES string of the molecule is CCCNC(c1cc(Cl)sc1Cl)C(C)S(C)(=O)=O. The van der Waals surface area contributed by atoms with Crippen LogP contribution in [0.2, 0.25) is 8.67 Å². The number of halogens is 2. The van der Waals surface area contributed by atoms with Crippen molar-refractivity contribution in [2.24, 2.45) is 0 Å². The van der Waals surface area contributed by atoms with Crippen molar-refractivity contribution in [1.82, 2.24) is 5.32 Å². The van der Waals surface area contributed by atoms with E-state index in [1.807, 2.05) is 6.92 Å². The van der Waals surface area contributed by atoms with Gasteiger partial charge in [-0.1, -0.05) is 30.1 Å². The van der Waals surface area contributed by atoms with Gasteiger partial charge in [-0.05, 0) is 26.0 Å². The van der Waals surface area contributed by atoms with Crippen molar-refractivity contribution in [3.63, 3.8) is 0 Å². The molecule has 1 N–H and O–H groups in total. The van der Waals surface area contributed by atoms with E-state index in [-0.39, 0.29) is 6.04 Å². The van der Waals surface area contributed by atoms with E-state index in [2.05, 4.69) is 5.32 Å². The Morgan fingerprint density at radius 1 is 1.44 bits per heavy atom. The Labute approximate surface area is 122 Å². The van der Waals surface area contributed by atoms with E-state index >= 15 is 0 Å². The summed E-state index contributed by atoms with van der Waals surface area (Å²) in [6, 6.07) is 1.42. The molecule has 0 aliphatic rings. The summed E-state index contributed by atoms with van der Waals surface area (Å²) in [7, 11) is -3.15. The smallest absolute Gasteiger partial charge is 0.151 e. The second kappa shape index (κ2) is 6.57. The molecule has 0 fully saturated rings. The van der Waals surface area contributed by atoms with Crippen LogP contribution in [0, 0.1) is 0 Å². The molecule has 0 spiro atoms. The first-order valence-electron chi connectivity index (χ1n) is 5.64. The molecule has 0 amide bonds. The van der Waals surface area contributed by atoms with Crippen LogP contribution >= 0.6 is 34.5 Å². The van der Waals surface area contributed by atoms with Crippen LogP contribution in [0.3, 0.4) is 0 Å². The van der Waals surface area contributed by atoms with Gasteiger partial charge in [-0.2, -0.15) is 0 Å². The van der Waals surface area contributed by atoms with Gasteiger partial charge < -0.3 is 5.32 Å². The summed E-state index contributed by atoms with van der Waals surface area (Å²) in [4.78, 5) is 0. The van der Waals surface area contributed by atoms with Crippen molar-refractivity contribution in [3.8, 4) is 0 Å². The zero-order chi connectivity index (χ0) is 13.9. The molecule has 1 aromatic heterocycles. The van der Waals surface area contributed by atoms with E-state index < -0.39 is 15.1 Å². The van der Waals surface area contributed by atoms with Crippen molar-refractivity contribution >= 4 is 44.4 Å². The predicted molar refractivity (Wildman–Crippen MR) is 79.7 cm³/mol. The Morgan fingerprint density at radius 3 is 2.44 bits per heavy atom. The Balaban J connectivity index is 3.09. The molecule has 0 aliphatic heterocycles.